The van der Waals surface area contributed by atoms with Gasteiger partial charge in [-0.05, 0) is 29.5 Å². The first kappa shape index (κ1) is 20.4. The first-order chi connectivity index (χ1) is 10.9. The van der Waals surface area contributed by atoms with Gasteiger partial charge >= 0.3 is 0 Å². The lowest BCUT2D eigenvalue weighted by Gasteiger charge is -2.29. The second-order valence-corrected chi connectivity index (χ2v) is 7.33. The lowest BCUT2D eigenvalue weighted by atomic mass is 9.92. The molecule has 0 bridgehead atoms. The number of thiophene rings is 1. The van der Waals surface area contributed by atoms with Gasteiger partial charge in [0.15, 0.2) is 0 Å². The highest BCUT2D eigenvalue weighted by atomic mass is 35.5. The van der Waals surface area contributed by atoms with Crippen LogP contribution in [0, 0.1) is 5.41 Å². The molecule has 1 aromatic heterocycles. The highest BCUT2D eigenvalue weighted by molar-refractivity contribution is 7.12. The molecule has 0 aliphatic carbocycles. The predicted octanol–water partition coefficient (Wildman–Crippen LogP) is 3.46. The molecule has 4 nitrogen and oxygen atoms in total. The molecule has 0 saturated carbocycles. The molecule has 1 aromatic carbocycles. The largest absolute Gasteiger partial charge is 0.341 e. The number of ketones is 1. The van der Waals surface area contributed by atoms with Crippen molar-refractivity contribution in [2.75, 3.05) is 20.1 Å². The maximum atomic E-state index is 12.8. The number of carbonyl (C=O) groups excluding carboxylic acids is 2. The van der Waals surface area contributed by atoms with E-state index in [1.807, 2.05) is 25.3 Å². The highest BCUT2D eigenvalue weighted by Gasteiger charge is 2.25. The van der Waals surface area contributed by atoms with Crippen LogP contribution in [0.2, 0.25) is 0 Å². The van der Waals surface area contributed by atoms with E-state index in [-0.39, 0.29) is 29.5 Å². The minimum absolute atomic E-state index is 0. The first-order valence-corrected chi connectivity index (χ1v) is 8.36. The number of rotatable bonds is 6. The highest BCUT2D eigenvalue weighted by Crippen LogP contribution is 2.21. The minimum atomic E-state index is -0.170. The molecule has 0 aliphatic rings. The SMILES string of the molecule is CN(CC(C)(C)CN)C(=O)c1ccccc1C(=O)c1cccs1.Cl. The molecule has 0 saturated heterocycles. The molecule has 0 aliphatic heterocycles. The van der Waals surface area contributed by atoms with Crippen LogP contribution in [0.25, 0.3) is 0 Å². The summed E-state index contributed by atoms with van der Waals surface area (Å²) in [6, 6.07) is 10.6. The molecule has 0 radical (unpaired) electrons. The molecule has 2 rings (SSSR count). The van der Waals surface area contributed by atoms with Gasteiger partial charge in [-0.1, -0.05) is 38.1 Å². The Balaban J connectivity index is 0.00000288. The molecule has 24 heavy (non-hydrogen) atoms. The zero-order valence-electron chi connectivity index (χ0n) is 14.1. The summed E-state index contributed by atoms with van der Waals surface area (Å²) in [4.78, 5) is 27.7. The molecule has 0 atom stereocenters. The molecule has 6 heteroatoms. The van der Waals surface area contributed by atoms with Crippen LogP contribution in [0.5, 0.6) is 0 Å². The molecular formula is C18H23ClN2O2S. The molecule has 0 unspecified atom stereocenters. The summed E-state index contributed by atoms with van der Waals surface area (Å²) in [6.45, 7) is 5.04. The van der Waals surface area contributed by atoms with Crippen LogP contribution in [-0.4, -0.2) is 36.7 Å². The van der Waals surface area contributed by atoms with Gasteiger partial charge in [0.25, 0.3) is 5.91 Å². The lowest BCUT2D eigenvalue weighted by molar-refractivity contribution is 0.0737. The van der Waals surface area contributed by atoms with Gasteiger partial charge in [0.05, 0.1) is 10.4 Å². The van der Waals surface area contributed by atoms with E-state index in [0.717, 1.165) is 0 Å². The molecule has 130 valence electrons. The molecule has 2 aromatic rings. The molecule has 2 N–H and O–H groups in total. The van der Waals surface area contributed by atoms with Crippen molar-refractivity contribution in [1.29, 1.82) is 0 Å². The number of hydrogen-bond donors (Lipinski definition) is 1. The second-order valence-electron chi connectivity index (χ2n) is 6.38. The Morgan fingerprint density at radius 2 is 1.75 bits per heavy atom. The Bertz CT molecular complexity index is 699. The number of nitrogens with two attached hydrogens (primary N) is 1. The smallest absolute Gasteiger partial charge is 0.254 e. The van der Waals surface area contributed by atoms with Crippen molar-refractivity contribution in [2.24, 2.45) is 11.1 Å². The van der Waals surface area contributed by atoms with E-state index >= 15 is 0 Å². The van der Waals surface area contributed by atoms with E-state index in [9.17, 15) is 9.59 Å². The van der Waals surface area contributed by atoms with Crippen molar-refractivity contribution >= 4 is 35.4 Å². The van der Waals surface area contributed by atoms with Crippen molar-refractivity contribution in [1.82, 2.24) is 4.90 Å². The number of nitrogens with zero attached hydrogens (tertiary/aromatic N) is 1. The zero-order valence-corrected chi connectivity index (χ0v) is 15.7. The minimum Gasteiger partial charge on any atom is -0.341 e. The Labute approximate surface area is 153 Å². The third-order valence-electron chi connectivity index (χ3n) is 3.71. The monoisotopic (exact) mass is 366 g/mol. The fourth-order valence-corrected chi connectivity index (χ4v) is 3.07. The zero-order chi connectivity index (χ0) is 17.0. The normalized spacial score (nSPS) is 10.8. The van der Waals surface area contributed by atoms with E-state index in [4.69, 9.17) is 5.73 Å². The average molecular weight is 367 g/mol. The first-order valence-electron chi connectivity index (χ1n) is 7.48. The van der Waals surface area contributed by atoms with Crippen LogP contribution >= 0.6 is 23.7 Å². The summed E-state index contributed by atoms with van der Waals surface area (Å²) in [5.41, 5.74) is 6.45. The molecule has 0 spiro atoms. The average Bonchev–Trinajstić information content (AvgIpc) is 3.07. The fourth-order valence-electron chi connectivity index (χ4n) is 2.39. The van der Waals surface area contributed by atoms with Gasteiger partial charge in [-0.25, -0.2) is 0 Å². The molecule has 1 heterocycles. The van der Waals surface area contributed by atoms with Gasteiger partial charge in [-0.2, -0.15) is 0 Å². The van der Waals surface area contributed by atoms with E-state index in [2.05, 4.69) is 0 Å². The van der Waals surface area contributed by atoms with Gasteiger partial charge in [0.2, 0.25) is 5.78 Å². The fraction of sp³-hybridized carbons (Fsp3) is 0.333. The van der Waals surface area contributed by atoms with Crippen LogP contribution in [0.3, 0.4) is 0 Å². The topological polar surface area (TPSA) is 63.4 Å². The number of amides is 1. The summed E-state index contributed by atoms with van der Waals surface area (Å²) >= 11 is 1.38. The number of halogens is 1. The van der Waals surface area contributed by atoms with Crippen LogP contribution in [0.1, 0.15) is 39.4 Å². The summed E-state index contributed by atoms with van der Waals surface area (Å²) in [6.07, 6.45) is 0. The van der Waals surface area contributed by atoms with E-state index in [0.29, 0.717) is 29.1 Å². The van der Waals surface area contributed by atoms with Crippen LogP contribution in [0.4, 0.5) is 0 Å². The third-order valence-corrected chi connectivity index (χ3v) is 4.58. The van der Waals surface area contributed by atoms with Gasteiger partial charge in [0, 0.05) is 19.2 Å². The van der Waals surface area contributed by atoms with Gasteiger partial charge < -0.3 is 10.6 Å². The molecule has 1 amide bonds. The number of hydrogen-bond acceptors (Lipinski definition) is 4. The second kappa shape index (κ2) is 8.42. The van der Waals surface area contributed by atoms with Crippen molar-refractivity contribution < 1.29 is 9.59 Å². The predicted molar refractivity (Wildman–Crippen MR) is 101 cm³/mol. The van der Waals surface area contributed by atoms with Gasteiger partial charge in [-0.15, -0.1) is 23.7 Å². The van der Waals surface area contributed by atoms with E-state index < -0.39 is 0 Å². The lowest BCUT2D eigenvalue weighted by Crippen LogP contribution is -2.40. The van der Waals surface area contributed by atoms with Crippen LogP contribution < -0.4 is 5.73 Å². The van der Waals surface area contributed by atoms with Crippen LogP contribution in [0.15, 0.2) is 41.8 Å². The number of carbonyl (C=O) groups is 2. The third kappa shape index (κ3) is 4.66. The number of benzene rings is 1. The maximum Gasteiger partial charge on any atom is 0.254 e. The summed E-state index contributed by atoms with van der Waals surface area (Å²) in [5, 5.41) is 1.85. The van der Waals surface area contributed by atoms with Crippen molar-refractivity contribution in [2.45, 2.75) is 13.8 Å². The molecular weight excluding hydrogens is 344 g/mol. The maximum absolute atomic E-state index is 12.8. The Morgan fingerprint density at radius 3 is 2.29 bits per heavy atom. The quantitative estimate of drug-likeness (QED) is 0.796. The summed E-state index contributed by atoms with van der Waals surface area (Å²) in [7, 11) is 1.74. The van der Waals surface area contributed by atoms with Crippen LogP contribution in [-0.2, 0) is 0 Å². The van der Waals surface area contributed by atoms with Crippen molar-refractivity contribution in [3.63, 3.8) is 0 Å². The standard InChI is InChI=1S/C18H22N2O2S.ClH/c1-18(2,11-19)12-20(3)17(22)14-8-5-4-7-13(14)16(21)15-9-6-10-23-15;/h4-10H,11-12,19H2,1-3H3;1H. The van der Waals surface area contributed by atoms with Gasteiger partial charge in [-0.3, -0.25) is 9.59 Å². The van der Waals surface area contributed by atoms with Crippen molar-refractivity contribution in [3.05, 3.63) is 57.8 Å². The van der Waals surface area contributed by atoms with E-state index in [1.54, 1.807) is 42.3 Å². The van der Waals surface area contributed by atoms with Gasteiger partial charge in [0.1, 0.15) is 0 Å². The van der Waals surface area contributed by atoms with E-state index in [1.165, 1.54) is 11.3 Å². The van der Waals surface area contributed by atoms with Crippen molar-refractivity contribution in [3.8, 4) is 0 Å². The molecule has 0 fully saturated rings. The Hall–Kier alpha value is -1.69. The Kier molecular flexibility index (Phi) is 7.14. The Morgan fingerprint density at radius 1 is 1.12 bits per heavy atom. The summed E-state index contributed by atoms with van der Waals surface area (Å²) in [5.74, 6) is -0.275. The summed E-state index contributed by atoms with van der Waals surface area (Å²) < 4.78 is 0.